The normalized spacial score (nSPS) is 19.3. The van der Waals surface area contributed by atoms with Gasteiger partial charge in [0, 0.05) is 6.04 Å². The van der Waals surface area contributed by atoms with Crippen LogP contribution in [0.1, 0.15) is 30.4 Å². The highest BCUT2D eigenvalue weighted by molar-refractivity contribution is 5.85. The number of fused-ring (bicyclic) bond motifs is 1. The summed E-state index contributed by atoms with van der Waals surface area (Å²) in [5.41, 5.74) is 2.88. The van der Waals surface area contributed by atoms with E-state index in [1.54, 1.807) is 14.2 Å². The fraction of sp³-hybridized carbons (Fsp3) is 0.625. The van der Waals surface area contributed by atoms with Crippen molar-refractivity contribution in [3.63, 3.8) is 0 Å². The first-order valence-electron chi connectivity index (χ1n) is 7.29. The van der Waals surface area contributed by atoms with Crippen LogP contribution in [0, 0.1) is 0 Å². The second kappa shape index (κ2) is 6.68. The van der Waals surface area contributed by atoms with Crippen molar-refractivity contribution >= 4 is 12.4 Å². The van der Waals surface area contributed by atoms with E-state index < -0.39 is 0 Å². The molecular formula is C16H24ClNO2. The van der Waals surface area contributed by atoms with Crippen molar-refractivity contribution in [1.82, 2.24) is 4.90 Å². The Bertz CT molecular complexity index is 425. The molecule has 0 atom stereocenters. The molecule has 0 N–H and O–H groups in total. The van der Waals surface area contributed by atoms with Crippen LogP contribution in [-0.2, 0) is 12.8 Å². The molecule has 20 heavy (non-hydrogen) atoms. The molecule has 1 fully saturated rings. The highest BCUT2D eigenvalue weighted by Crippen LogP contribution is 2.36. The van der Waals surface area contributed by atoms with Gasteiger partial charge < -0.3 is 9.47 Å². The Morgan fingerprint density at radius 3 is 1.85 bits per heavy atom. The van der Waals surface area contributed by atoms with Crippen LogP contribution in [0.2, 0.25) is 0 Å². The third-order valence-corrected chi connectivity index (χ3v) is 4.52. The molecule has 1 aliphatic carbocycles. The maximum atomic E-state index is 5.40. The number of benzene rings is 1. The number of likely N-dealkylation sites (tertiary alicyclic amines) is 1. The van der Waals surface area contributed by atoms with Crippen molar-refractivity contribution in [1.29, 1.82) is 0 Å². The summed E-state index contributed by atoms with van der Waals surface area (Å²) in [5.74, 6) is 1.72. The highest BCUT2D eigenvalue weighted by Gasteiger charge is 2.28. The molecule has 1 saturated heterocycles. The van der Waals surface area contributed by atoms with Gasteiger partial charge in [-0.15, -0.1) is 12.4 Å². The first-order chi connectivity index (χ1) is 9.31. The monoisotopic (exact) mass is 297 g/mol. The average Bonchev–Trinajstić information content (AvgIpc) is 2.89. The van der Waals surface area contributed by atoms with Gasteiger partial charge in [0.25, 0.3) is 0 Å². The average molecular weight is 298 g/mol. The van der Waals surface area contributed by atoms with Gasteiger partial charge in [-0.25, -0.2) is 0 Å². The summed E-state index contributed by atoms with van der Waals surface area (Å²) in [6, 6.07) is 5.02. The molecule has 0 unspecified atom stereocenters. The summed E-state index contributed by atoms with van der Waals surface area (Å²) in [5, 5.41) is 0. The van der Waals surface area contributed by atoms with Crippen molar-refractivity contribution in [3.8, 4) is 11.5 Å². The molecule has 3 rings (SSSR count). The Morgan fingerprint density at radius 1 is 0.900 bits per heavy atom. The van der Waals surface area contributed by atoms with Gasteiger partial charge in [0.15, 0.2) is 11.5 Å². The third kappa shape index (κ3) is 2.89. The summed E-state index contributed by atoms with van der Waals surface area (Å²) in [4.78, 5) is 2.67. The van der Waals surface area contributed by atoms with Crippen molar-refractivity contribution in [2.45, 2.75) is 38.1 Å². The zero-order chi connectivity index (χ0) is 13.2. The Balaban J connectivity index is 0.00000147. The van der Waals surface area contributed by atoms with E-state index in [1.165, 1.54) is 43.5 Å². The van der Waals surface area contributed by atoms with Crippen LogP contribution < -0.4 is 9.47 Å². The molecule has 112 valence electrons. The summed E-state index contributed by atoms with van der Waals surface area (Å²) in [6.07, 6.45) is 6.45. The van der Waals surface area contributed by atoms with Crippen LogP contribution >= 0.6 is 12.4 Å². The molecule has 2 aliphatic rings. The van der Waals surface area contributed by atoms with Crippen molar-refractivity contribution < 1.29 is 9.47 Å². The molecule has 1 aromatic carbocycles. The Morgan fingerprint density at radius 2 is 1.40 bits per heavy atom. The van der Waals surface area contributed by atoms with Gasteiger partial charge in [-0.3, -0.25) is 4.90 Å². The number of hydrogen-bond acceptors (Lipinski definition) is 3. The van der Waals surface area contributed by atoms with E-state index in [-0.39, 0.29) is 12.4 Å². The Hall–Kier alpha value is -0.930. The maximum absolute atomic E-state index is 5.40. The van der Waals surface area contributed by atoms with Gasteiger partial charge in [0.05, 0.1) is 14.2 Å². The molecule has 1 aliphatic heterocycles. The summed E-state index contributed by atoms with van der Waals surface area (Å²) >= 11 is 0. The molecule has 1 heterocycles. The van der Waals surface area contributed by atoms with Crippen LogP contribution in [-0.4, -0.2) is 38.3 Å². The van der Waals surface area contributed by atoms with Gasteiger partial charge in [0.2, 0.25) is 0 Å². The van der Waals surface area contributed by atoms with E-state index in [0.717, 1.165) is 24.3 Å². The fourth-order valence-electron chi connectivity index (χ4n) is 3.46. The van der Waals surface area contributed by atoms with E-state index in [4.69, 9.17) is 9.47 Å². The van der Waals surface area contributed by atoms with Crippen molar-refractivity contribution in [3.05, 3.63) is 23.3 Å². The lowest BCUT2D eigenvalue weighted by Crippen LogP contribution is -2.39. The zero-order valence-electron chi connectivity index (χ0n) is 12.4. The molecular weight excluding hydrogens is 274 g/mol. The minimum atomic E-state index is 0. The van der Waals surface area contributed by atoms with Crippen molar-refractivity contribution in [2.24, 2.45) is 0 Å². The second-order valence-electron chi connectivity index (χ2n) is 5.63. The van der Waals surface area contributed by atoms with Gasteiger partial charge in [0.1, 0.15) is 0 Å². The summed E-state index contributed by atoms with van der Waals surface area (Å²) in [7, 11) is 3.42. The standard InChI is InChI=1S/C16H23NO2.ClH/c1-18-15-10-12-8-14(17-6-4-3-5-7-17)9-13(12)11-16(15)19-2;/h10-11,14H,3-9H2,1-2H3;1H. The first kappa shape index (κ1) is 15.5. The minimum absolute atomic E-state index is 0. The van der Waals surface area contributed by atoms with Crippen LogP contribution in [0.25, 0.3) is 0 Å². The van der Waals surface area contributed by atoms with Crippen LogP contribution in [0.4, 0.5) is 0 Å². The predicted molar refractivity (Wildman–Crippen MR) is 83.4 cm³/mol. The number of methoxy groups -OCH3 is 2. The smallest absolute Gasteiger partial charge is 0.161 e. The maximum Gasteiger partial charge on any atom is 0.161 e. The van der Waals surface area contributed by atoms with E-state index in [1.807, 2.05) is 0 Å². The molecule has 0 saturated carbocycles. The Labute approximate surface area is 127 Å². The summed E-state index contributed by atoms with van der Waals surface area (Å²) < 4.78 is 10.8. The van der Waals surface area contributed by atoms with E-state index >= 15 is 0 Å². The fourth-order valence-corrected chi connectivity index (χ4v) is 3.46. The van der Waals surface area contributed by atoms with Gasteiger partial charge >= 0.3 is 0 Å². The molecule has 0 spiro atoms. The molecule has 0 amide bonds. The largest absolute Gasteiger partial charge is 0.493 e. The molecule has 3 nitrogen and oxygen atoms in total. The van der Waals surface area contributed by atoms with Gasteiger partial charge in [-0.2, -0.15) is 0 Å². The summed E-state index contributed by atoms with van der Waals surface area (Å²) in [6.45, 7) is 2.54. The predicted octanol–water partition coefficient (Wildman–Crippen LogP) is 3.08. The topological polar surface area (TPSA) is 21.7 Å². The van der Waals surface area contributed by atoms with Gasteiger partial charge in [-0.1, -0.05) is 6.42 Å². The number of nitrogens with zero attached hydrogens (tertiary/aromatic N) is 1. The quantitative estimate of drug-likeness (QED) is 0.856. The first-order valence-corrected chi connectivity index (χ1v) is 7.29. The lowest BCUT2D eigenvalue weighted by molar-refractivity contribution is 0.168. The molecule has 0 radical (unpaired) electrons. The number of piperidine rings is 1. The molecule has 4 heteroatoms. The lowest BCUT2D eigenvalue weighted by atomic mass is 10.1. The number of ether oxygens (including phenoxy) is 2. The third-order valence-electron chi connectivity index (χ3n) is 4.52. The van der Waals surface area contributed by atoms with E-state index in [0.29, 0.717) is 6.04 Å². The lowest BCUT2D eigenvalue weighted by Gasteiger charge is -2.32. The number of halogens is 1. The number of hydrogen-bond donors (Lipinski definition) is 0. The van der Waals surface area contributed by atoms with Crippen LogP contribution in [0.5, 0.6) is 11.5 Å². The van der Waals surface area contributed by atoms with Crippen LogP contribution in [0.3, 0.4) is 0 Å². The zero-order valence-corrected chi connectivity index (χ0v) is 13.2. The van der Waals surface area contributed by atoms with Crippen molar-refractivity contribution in [2.75, 3.05) is 27.3 Å². The molecule has 0 aromatic heterocycles. The van der Waals surface area contributed by atoms with Crippen LogP contribution in [0.15, 0.2) is 12.1 Å². The van der Waals surface area contributed by atoms with E-state index in [9.17, 15) is 0 Å². The molecule has 0 bridgehead atoms. The highest BCUT2D eigenvalue weighted by atomic mass is 35.5. The number of rotatable bonds is 3. The molecule has 1 aromatic rings. The minimum Gasteiger partial charge on any atom is -0.493 e. The SMILES string of the molecule is COc1cc2c(cc1OC)CC(N1CCCCC1)C2.Cl. The Kier molecular flexibility index (Phi) is 5.17. The second-order valence-corrected chi connectivity index (χ2v) is 5.63. The van der Waals surface area contributed by atoms with E-state index in [2.05, 4.69) is 17.0 Å². The van der Waals surface area contributed by atoms with Gasteiger partial charge in [-0.05, 0) is 62.0 Å².